The van der Waals surface area contributed by atoms with Gasteiger partial charge in [-0.05, 0) is 44.5 Å². The summed E-state index contributed by atoms with van der Waals surface area (Å²) in [6, 6.07) is 15.6. The highest BCUT2D eigenvalue weighted by Crippen LogP contribution is 2.19. The van der Waals surface area contributed by atoms with E-state index in [1.54, 1.807) is 48.5 Å². The number of nitrogens with two attached hydrogens (primary N) is 1. The average Bonchev–Trinajstić information content (AvgIpc) is 2.54. The van der Waals surface area contributed by atoms with Crippen LogP contribution in [-0.2, 0) is 0 Å². The maximum atomic E-state index is 11.9. The van der Waals surface area contributed by atoms with Gasteiger partial charge in [-0.3, -0.25) is 14.6 Å². The lowest BCUT2D eigenvalue weighted by molar-refractivity contribution is 0.0582. The Bertz CT molecular complexity index is 704. The normalized spacial score (nSPS) is 9.62. The minimum absolute atomic E-state index is 0. The lowest BCUT2D eigenvalue weighted by atomic mass is 10.1. The molecule has 0 aliphatic heterocycles. The van der Waals surface area contributed by atoms with E-state index in [4.69, 9.17) is 29.0 Å². The van der Waals surface area contributed by atoms with Gasteiger partial charge in [0.15, 0.2) is 0 Å². The maximum absolute atomic E-state index is 11.9. The molecule has 26 heavy (non-hydrogen) atoms. The molecule has 0 saturated heterocycles. The summed E-state index contributed by atoms with van der Waals surface area (Å²) in [6.45, 7) is 5.59. The second kappa shape index (κ2) is 12.2. The SMILES string of the molecule is CC(C)(C)N(N)C(=O)c1ccccc1Cl.Cl.Cl.O=C(Cl)c1ccccc1. The maximum Gasteiger partial charge on any atom is 0.269 e. The summed E-state index contributed by atoms with van der Waals surface area (Å²) in [6.07, 6.45) is 0. The number of rotatable bonds is 2. The van der Waals surface area contributed by atoms with Crippen molar-refractivity contribution in [3.05, 3.63) is 70.7 Å². The third kappa shape index (κ3) is 8.39. The van der Waals surface area contributed by atoms with E-state index in [9.17, 15) is 9.59 Å². The summed E-state index contributed by atoms with van der Waals surface area (Å²) < 4.78 is 0. The highest BCUT2D eigenvalue weighted by Gasteiger charge is 2.25. The molecule has 2 N–H and O–H groups in total. The molecule has 0 fully saturated rings. The van der Waals surface area contributed by atoms with E-state index in [0.29, 0.717) is 16.1 Å². The summed E-state index contributed by atoms with van der Waals surface area (Å²) in [5.74, 6) is 5.45. The van der Waals surface area contributed by atoms with Crippen molar-refractivity contribution in [3.63, 3.8) is 0 Å². The molecule has 144 valence electrons. The number of hydrogen-bond acceptors (Lipinski definition) is 3. The van der Waals surface area contributed by atoms with Gasteiger partial charge in [0.1, 0.15) is 0 Å². The molecule has 1 amide bonds. The van der Waals surface area contributed by atoms with Crippen LogP contribution >= 0.6 is 48.0 Å². The molecule has 2 rings (SSSR count). The van der Waals surface area contributed by atoms with Crippen molar-refractivity contribution in [3.8, 4) is 0 Å². The van der Waals surface area contributed by atoms with Gasteiger partial charge in [0, 0.05) is 5.56 Å². The quantitative estimate of drug-likeness (QED) is 0.296. The summed E-state index contributed by atoms with van der Waals surface area (Å²) in [5.41, 5.74) is 0.548. The number of carbonyl (C=O) groups excluding carboxylic acids is 2. The summed E-state index contributed by atoms with van der Waals surface area (Å²) in [7, 11) is 0. The lowest BCUT2D eigenvalue weighted by Crippen LogP contribution is -2.50. The van der Waals surface area contributed by atoms with Gasteiger partial charge in [0.05, 0.1) is 16.1 Å². The second-order valence-corrected chi connectivity index (χ2v) is 6.72. The third-order valence-electron chi connectivity index (χ3n) is 3.05. The van der Waals surface area contributed by atoms with Gasteiger partial charge in [-0.2, -0.15) is 0 Å². The molecular formula is C18H22Cl4N2O2. The molecule has 0 radical (unpaired) electrons. The minimum atomic E-state index is -0.420. The van der Waals surface area contributed by atoms with E-state index in [0.717, 1.165) is 0 Å². The van der Waals surface area contributed by atoms with Crippen LogP contribution in [0.4, 0.5) is 0 Å². The first-order chi connectivity index (χ1) is 11.1. The Hall–Kier alpha value is -1.30. The van der Waals surface area contributed by atoms with Crippen LogP contribution in [0.25, 0.3) is 0 Å². The molecule has 0 saturated carbocycles. The standard InChI is InChI=1S/C11H15ClN2O.C7H5ClO.2ClH/c1-11(2,3)14(13)10(15)8-6-4-5-7-9(8)12;8-7(9)6-4-2-1-3-5-6;;/h4-7H,13H2,1-3H3;1-5H;2*1H. The van der Waals surface area contributed by atoms with Crippen molar-refractivity contribution in [2.45, 2.75) is 26.3 Å². The molecule has 8 heteroatoms. The lowest BCUT2D eigenvalue weighted by Gasteiger charge is -2.31. The van der Waals surface area contributed by atoms with E-state index >= 15 is 0 Å². The van der Waals surface area contributed by atoms with Crippen molar-refractivity contribution in [2.24, 2.45) is 5.84 Å². The predicted octanol–water partition coefficient (Wildman–Crippen LogP) is 5.36. The Kier molecular flexibility index (Phi) is 12.6. The van der Waals surface area contributed by atoms with Crippen LogP contribution in [-0.4, -0.2) is 21.7 Å². The van der Waals surface area contributed by atoms with Gasteiger partial charge >= 0.3 is 0 Å². The summed E-state index contributed by atoms with van der Waals surface area (Å²) in [5, 5.41) is 1.20. The van der Waals surface area contributed by atoms with Gasteiger partial charge in [0.25, 0.3) is 11.1 Å². The Morgan fingerprint density at radius 2 is 1.38 bits per heavy atom. The minimum Gasteiger partial charge on any atom is -0.276 e. The van der Waals surface area contributed by atoms with Crippen molar-refractivity contribution in [2.75, 3.05) is 0 Å². The van der Waals surface area contributed by atoms with Gasteiger partial charge in [-0.25, -0.2) is 5.84 Å². The molecular weight excluding hydrogens is 418 g/mol. The van der Waals surface area contributed by atoms with Crippen molar-refractivity contribution >= 4 is 59.2 Å². The first-order valence-electron chi connectivity index (χ1n) is 7.23. The van der Waals surface area contributed by atoms with E-state index < -0.39 is 10.8 Å². The molecule has 0 unspecified atom stereocenters. The van der Waals surface area contributed by atoms with E-state index in [1.165, 1.54) is 5.01 Å². The van der Waals surface area contributed by atoms with Gasteiger partial charge < -0.3 is 0 Å². The number of benzene rings is 2. The molecule has 0 aliphatic rings. The van der Waals surface area contributed by atoms with Crippen molar-refractivity contribution < 1.29 is 9.59 Å². The zero-order valence-corrected chi connectivity index (χ0v) is 17.8. The molecule has 0 aliphatic carbocycles. The first kappa shape index (κ1) is 26.9. The van der Waals surface area contributed by atoms with Crippen LogP contribution in [0.1, 0.15) is 41.5 Å². The van der Waals surface area contributed by atoms with Crippen LogP contribution in [0.15, 0.2) is 54.6 Å². The van der Waals surface area contributed by atoms with Gasteiger partial charge in [0.2, 0.25) is 0 Å². The smallest absolute Gasteiger partial charge is 0.269 e. The fourth-order valence-electron chi connectivity index (χ4n) is 1.64. The van der Waals surface area contributed by atoms with Crippen molar-refractivity contribution in [1.82, 2.24) is 5.01 Å². The molecule has 4 nitrogen and oxygen atoms in total. The fourth-order valence-corrected chi connectivity index (χ4v) is 1.98. The van der Waals surface area contributed by atoms with Crippen molar-refractivity contribution in [1.29, 1.82) is 0 Å². The van der Waals surface area contributed by atoms with Gasteiger partial charge in [-0.1, -0.05) is 54.1 Å². The zero-order chi connectivity index (χ0) is 18.3. The molecule has 0 spiro atoms. The zero-order valence-electron chi connectivity index (χ0n) is 14.6. The monoisotopic (exact) mass is 438 g/mol. The topological polar surface area (TPSA) is 63.4 Å². The molecule has 2 aromatic rings. The van der Waals surface area contributed by atoms with Crippen LogP contribution in [0.3, 0.4) is 0 Å². The first-order valence-corrected chi connectivity index (χ1v) is 7.99. The summed E-state index contributed by atoms with van der Waals surface area (Å²) in [4.78, 5) is 22.3. The second-order valence-electron chi connectivity index (χ2n) is 5.97. The highest BCUT2D eigenvalue weighted by atomic mass is 35.5. The van der Waals surface area contributed by atoms with Crippen LogP contribution in [0.2, 0.25) is 5.02 Å². The predicted molar refractivity (Wildman–Crippen MR) is 113 cm³/mol. The molecule has 0 bridgehead atoms. The van der Waals surface area contributed by atoms with Crippen LogP contribution in [0, 0.1) is 0 Å². The molecule has 2 aromatic carbocycles. The molecule has 0 aromatic heterocycles. The summed E-state index contributed by atoms with van der Waals surface area (Å²) >= 11 is 11.1. The number of nitrogens with zero attached hydrogens (tertiary/aromatic N) is 1. The third-order valence-corrected chi connectivity index (χ3v) is 3.59. The largest absolute Gasteiger partial charge is 0.276 e. The molecule has 0 atom stereocenters. The Balaban J connectivity index is 0. The van der Waals surface area contributed by atoms with E-state index in [-0.39, 0.29) is 30.7 Å². The van der Waals surface area contributed by atoms with Gasteiger partial charge in [-0.15, -0.1) is 24.8 Å². The van der Waals surface area contributed by atoms with Crippen LogP contribution in [0.5, 0.6) is 0 Å². The number of amides is 1. The Morgan fingerprint density at radius 3 is 1.77 bits per heavy atom. The van der Waals surface area contributed by atoms with E-state index in [2.05, 4.69) is 0 Å². The number of hydrogen-bond donors (Lipinski definition) is 1. The van der Waals surface area contributed by atoms with Crippen LogP contribution < -0.4 is 5.84 Å². The van der Waals surface area contributed by atoms with E-state index in [1.807, 2.05) is 26.8 Å². The Labute approximate surface area is 176 Å². The fraction of sp³-hybridized carbons (Fsp3) is 0.222. The number of carbonyl (C=O) groups is 2. The highest BCUT2D eigenvalue weighted by molar-refractivity contribution is 6.67. The number of halogens is 4. The average molecular weight is 440 g/mol. The number of hydrazine groups is 1. The Morgan fingerprint density at radius 1 is 0.923 bits per heavy atom. The molecule has 0 heterocycles.